The summed E-state index contributed by atoms with van der Waals surface area (Å²) in [4.78, 5) is 38.8. The van der Waals surface area contributed by atoms with Crippen LogP contribution < -0.4 is 10.1 Å². The topological polar surface area (TPSA) is 102 Å². The van der Waals surface area contributed by atoms with E-state index in [0.29, 0.717) is 5.75 Å². The van der Waals surface area contributed by atoms with Crippen LogP contribution in [0.25, 0.3) is 0 Å². The van der Waals surface area contributed by atoms with E-state index >= 15 is 0 Å². The van der Waals surface area contributed by atoms with Gasteiger partial charge in [-0.1, -0.05) is 64.6 Å². The fraction of sp³-hybridized carbons (Fsp3) is 0.316. The Bertz CT molecular complexity index is 1020. The molecule has 0 aromatic heterocycles. The molecule has 13 heteroatoms. The number of hydrogen-bond acceptors (Lipinski definition) is 6. The van der Waals surface area contributed by atoms with Gasteiger partial charge in [0.25, 0.3) is 11.8 Å². The number of allylic oxidation sites excluding steroid dienone is 1. The first-order valence-corrected chi connectivity index (χ1v) is 11.8. The molecule has 1 aromatic carbocycles. The van der Waals surface area contributed by atoms with Gasteiger partial charge in [-0.25, -0.2) is 4.79 Å². The summed E-state index contributed by atoms with van der Waals surface area (Å²) < 4.78 is 21.4. The number of hydrogen-bond donors (Lipinski definition) is 1. The number of benzene rings is 1. The molecule has 1 aromatic rings. The van der Waals surface area contributed by atoms with Crippen molar-refractivity contribution in [1.29, 1.82) is 0 Å². The van der Waals surface area contributed by atoms with E-state index in [-0.39, 0.29) is 22.8 Å². The molecule has 3 rings (SSSR count). The number of halogens is 4. The third-order valence-electron chi connectivity index (χ3n) is 4.53. The lowest BCUT2D eigenvalue weighted by atomic mass is 10.0. The first kappa shape index (κ1) is 24.9. The molecule has 172 valence electrons. The van der Waals surface area contributed by atoms with E-state index in [9.17, 15) is 18.6 Å². The number of amides is 2. The lowest BCUT2D eigenvalue weighted by Gasteiger charge is -2.49. The molecule has 1 N–H and O–H groups in total. The summed E-state index contributed by atoms with van der Waals surface area (Å²) in [6, 6.07) is 7.45. The van der Waals surface area contributed by atoms with Crippen LogP contribution in [-0.2, 0) is 29.9 Å². The van der Waals surface area contributed by atoms with Crippen LogP contribution in [0.5, 0.6) is 5.75 Å². The highest BCUT2D eigenvalue weighted by molar-refractivity contribution is 7.90. The normalized spacial score (nSPS) is 24.0. The number of nitrogens with one attached hydrogen (secondary N) is 1. The average molecular weight is 542 g/mol. The molecule has 32 heavy (non-hydrogen) atoms. The number of β-lactam (4-membered cyclic amide) rings is 1. The largest absolute Gasteiger partial charge is 0.484 e. The Morgan fingerprint density at radius 1 is 1.25 bits per heavy atom. The molecule has 2 heterocycles. The van der Waals surface area contributed by atoms with E-state index in [1.54, 1.807) is 30.3 Å². The van der Waals surface area contributed by atoms with Crippen LogP contribution in [-0.4, -0.2) is 55.3 Å². The summed E-state index contributed by atoms with van der Waals surface area (Å²) in [7, 11) is -1.83. The van der Waals surface area contributed by atoms with Crippen molar-refractivity contribution in [3.63, 3.8) is 0 Å². The minimum atomic E-state index is -1.86. The summed E-state index contributed by atoms with van der Waals surface area (Å²) in [5.74, 6) is -1.75. The molecule has 0 radical (unpaired) electrons. The van der Waals surface area contributed by atoms with Gasteiger partial charge in [-0.2, -0.15) is 0 Å². The maximum Gasteiger partial charge on any atom is 0.355 e. The number of nitrogens with zero attached hydrogens (tertiary/aromatic N) is 1. The van der Waals surface area contributed by atoms with E-state index in [1.807, 2.05) is 0 Å². The van der Waals surface area contributed by atoms with Gasteiger partial charge in [-0.05, 0) is 24.6 Å². The van der Waals surface area contributed by atoms with Crippen molar-refractivity contribution < 1.29 is 28.1 Å². The van der Waals surface area contributed by atoms with Crippen LogP contribution in [0.3, 0.4) is 0 Å². The van der Waals surface area contributed by atoms with Gasteiger partial charge in [-0.15, -0.1) is 0 Å². The summed E-state index contributed by atoms with van der Waals surface area (Å²) >= 11 is 22.6. The number of fused-ring (bicyclic) bond motifs is 1. The minimum Gasteiger partial charge on any atom is -0.484 e. The number of carbonyl (C=O) groups is 3. The number of para-hydroxylation sites is 1. The molecule has 1 fully saturated rings. The fourth-order valence-electron chi connectivity index (χ4n) is 3.11. The number of carbonyl (C=O) groups excluding carboxylic acids is 3. The second kappa shape index (κ2) is 10.0. The monoisotopic (exact) mass is 540 g/mol. The smallest absolute Gasteiger partial charge is 0.355 e. The first-order chi connectivity index (χ1) is 15.0. The van der Waals surface area contributed by atoms with Crippen LogP contribution in [0, 0.1) is 0 Å². The zero-order chi connectivity index (χ0) is 23.6. The van der Waals surface area contributed by atoms with E-state index in [0.717, 1.165) is 10.4 Å². The molecule has 2 unspecified atom stereocenters. The van der Waals surface area contributed by atoms with Crippen molar-refractivity contribution in [3.8, 4) is 5.75 Å². The number of esters is 1. The van der Waals surface area contributed by atoms with Gasteiger partial charge in [0.05, 0.1) is 15.7 Å². The molecule has 0 saturated carbocycles. The quantitative estimate of drug-likeness (QED) is 0.337. The fourth-order valence-corrected chi connectivity index (χ4v) is 5.28. The average Bonchev–Trinajstić information content (AvgIpc) is 2.74. The van der Waals surface area contributed by atoms with E-state index in [4.69, 9.17) is 55.9 Å². The Balaban J connectivity index is 1.76. The second-order valence-electron chi connectivity index (χ2n) is 6.68. The van der Waals surface area contributed by atoms with Crippen molar-refractivity contribution in [3.05, 3.63) is 52.0 Å². The zero-order valence-corrected chi connectivity index (χ0v) is 20.2. The van der Waals surface area contributed by atoms with Crippen molar-refractivity contribution >= 4 is 75.0 Å². The minimum absolute atomic E-state index is 0.112. The van der Waals surface area contributed by atoms with Gasteiger partial charge in [0, 0.05) is 5.54 Å². The predicted octanol–water partition coefficient (Wildman–Crippen LogP) is 2.75. The molecule has 2 amide bonds. The molecule has 1 saturated heterocycles. The van der Waals surface area contributed by atoms with Gasteiger partial charge in [0.1, 0.15) is 29.5 Å². The summed E-state index contributed by atoms with van der Waals surface area (Å²) in [6.07, 6.45) is 0. The maximum absolute atomic E-state index is 13.0. The Morgan fingerprint density at radius 3 is 2.50 bits per heavy atom. The molecule has 0 bridgehead atoms. The van der Waals surface area contributed by atoms with E-state index < -0.39 is 50.4 Å². The Labute approximate surface area is 205 Å². The van der Waals surface area contributed by atoms with Gasteiger partial charge in [-0.3, -0.25) is 18.7 Å². The van der Waals surface area contributed by atoms with E-state index in [2.05, 4.69) is 5.32 Å². The van der Waals surface area contributed by atoms with Crippen molar-refractivity contribution in [2.45, 2.75) is 22.1 Å². The van der Waals surface area contributed by atoms with Gasteiger partial charge in [0.15, 0.2) is 6.61 Å². The number of alkyl halides is 3. The van der Waals surface area contributed by atoms with Crippen LogP contribution >= 0.6 is 46.4 Å². The Morgan fingerprint density at radius 2 is 1.91 bits per heavy atom. The van der Waals surface area contributed by atoms with Crippen LogP contribution in [0.2, 0.25) is 0 Å². The van der Waals surface area contributed by atoms with Gasteiger partial charge in [0.2, 0.25) is 3.79 Å². The highest BCUT2D eigenvalue weighted by atomic mass is 35.6. The summed E-state index contributed by atoms with van der Waals surface area (Å²) in [6.45, 7) is 0.527. The third kappa shape index (κ3) is 5.23. The highest BCUT2D eigenvalue weighted by Crippen LogP contribution is 2.40. The highest BCUT2D eigenvalue weighted by Gasteiger charge is 2.58. The molecular formula is C19H16Cl4N2O6S. The predicted molar refractivity (Wildman–Crippen MR) is 121 cm³/mol. The van der Waals surface area contributed by atoms with Crippen LogP contribution in [0.4, 0.5) is 0 Å². The molecule has 2 aliphatic heterocycles. The lowest BCUT2D eigenvalue weighted by molar-refractivity contribution is -0.153. The lowest BCUT2D eigenvalue weighted by Crippen LogP contribution is -2.73. The van der Waals surface area contributed by atoms with Crippen molar-refractivity contribution in [1.82, 2.24) is 10.2 Å². The van der Waals surface area contributed by atoms with Gasteiger partial charge >= 0.3 is 5.97 Å². The number of rotatable bonds is 6. The summed E-state index contributed by atoms with van der Waals surface area (Å²) in [5, 5.41) is 1.42. The Kier molecular flexibility index (Phi) is 7.77. The molecule has 0 aliphatic carbocycles. The molecule has 0 spiro atoms. The zero-order valence-electron chi connectivity index (χ0n) is 16.3. The summed E-state index contributed by atoms with van der Waals surface area (Å²) in [5.41, 5.74) is 1.03. The van der Waals surface area contributed by atoms with Crippen molar-refractivity contribution in [2.24, 2.45) is 0 Å². The third-order valence-corrected chi connectivity index (χ3v) is 6.99. The SMILES string of the molecule is CC1=C(C(=O)OCC(Cl)(Cl)Cl)N2C(=O)C(NC(=O)COc3ccccc3)[C@@H]2S(=O)C1=CCl. The van der Waals surface area contributed by atoms with Crippen molar-refractivity contribution in [2.75, 3.05) is 13.2 Å². The molecule has 3 atom stereocenters. The molecule has 8 nitrogen and oxygen atoms in total. The van der Waals surface area contributed by atoms with Crippen LogP contribution in [0.1, 0.15) is 6.92 Å². The number of ether oxygens (including phenoxy) is 2. The molecule has 2 aliphatic rings. The Hall–Kier alpha value is -1.78. The molecular weight excluding hydrogens is 526 g/mol. The maximum atomic E-state index is 13.0. The van der Waals surface area contributed by atoms with Gasteiger partial charge < -0.3 is 14.8 Å². The van der Waals surface area contributed by atoms with Crippen LogP contribution in [0.15, 0.2) is 52.0 Å². The second-order valence-corrected chi connectivity index (χ2v) is 10.9. The standard InChI is InChI=1S/C19H16Cl4N2O6S/c1-10-12(7-20)32(29)17-14(24-13(26)8-30-11-5-3-2-4-6-11)16(27)25(17)15(10)18(28)31-9-19(21,22)23/h2-7,14,17H,8-9H2,1H3,(H,24,26)/t14?,17-,32?/m0/s1. The first-order valence-electron chi connectivity index (χ1n) is 9.01. The van der Waals surface area contributed by atoms with E-state index in [1.165, 1.54) is 6.92 Å².